The molecule has 15 heavy (non-hydrogen) atoms. The predicted molar refractivity (Wildman–Crippen MR) is 62.7 cm³/mol. The standard InChI is InChI=1S/C10H11BrFNO.ClH/c11-8-7(12)4-3-6(10(8)14)9(13)5-1-2-5;/h3-5,9,14H,1-2,13H2;1H/t9-;/m1./s1. The van der Waals surface area contributed by atoms with Gasteiger partial charge in [-0.1, -0.05) is 6.07 Å². The molecular formula is C10H12BrClFNO. The van der Waals surface area contributed by atoms with E-state index in [1.165, 1.54) is 6.07 Å². The van der Waals surface area contributed by atoms with Crippen LogP contribution in [0.15, 0.2) is 16.6 Å². The molecule has 1 aliphatic carbocycles. The van der Waals surface area contributed by atoms with Gasteiger partial charge in [0.05, 0.1) is 4.47 Å². The summed E-state index contributed by atoms with van der Waals surface area (Å²) in [6.07, 6.45) is 2.19. The molecule has 3 N–H and O–H groups in total. The summed E-state index contributed by atoms with van der Waals surface area (Å²) >= 11 is 2.99. The lowest BCUT2D eigenvalue weighted by atomic mass is 10.0. The van der Waals surface area contributed by atoms with Crippen molar-refractivity contribution in [3.8, 4) is 5.75 Å². The van der Waals surface area contributed by atoms with Crippen LogP contribution in [0.3, 0.4) is 0 Å². The van der Waals surface area contributed by atoms with Crippen LogP contribution in [0.25, 0.3) is 0 Å². The van der Waals surface area contributed by atoms with Crippen LogP contribution in [-0.2, 0) is 0 Å². The molecule has 1 aliphatic rings. The number of phenols is 1. The highest BCUT2D eigenvalue weighted by Gasteiger charge is 2.31. The van der Waals surface area contributed by atoms with E-state index in [4.69, 9.17) is 5.73 Å². The lowest BCUT2D eigenvalue weighted by molar-refractivity contribution is 0.445. The zero-order valence-corrected chi connectivity index (χ0v) is 10.3. The molecule has 0 amide bonds. The lowest BCUT2D eigenvalue weighted by Crippen LogP contribution is -2.12. The third-order valence-corrected chi connectivity index (χ3v) is 3.34. The Hall–Kier alpha value is -0.320. The first-order valence-electron chi connectivity index (χ1n) is 4.53. The Morgan fingerprint density at radius 3 is 2.60 bits per heavy atom. The lowest BCUT2D eigenvalue weighted by Gasteiger charge is -2.13. The first-order valence-corrected chi connectivity index (χ1v) is 5.33. The van der Waals surface area contributed by atoms with Crippen LogP contribution in [0.4, 0.5) is 4.39 Å². The van der Waals surface area contributed by atoms with E-state index in [0.717, 1.165) is 12.8 Å². The van der Waals surface area contributed by atoms with E-state index in [1.54, 1.807) is 6.07 Å². The molecule has 0 radical (unpaired) electrons. The van der Waals surface area contributed by atoms with E-state index in [-0.39, 0.29) is 28.7 Å². The summed E-state index contributed by atoms with van der Waals surface area (Å²) in [4.78, 5) is 0. The van der Waals surface area contributed by atoms with Crippen LogP contribution >= 0.6 is 28.3 Å². The molecular weight excluding hydrogens is 284 g/mol. The molecule has 1 saturated carbocycles. The first kappa shape index (κ1) is 12.7. The summed E-state index contributed by atoms with van der Waals surface area (Å²) < 4.78 is 13.1. The number of halogens is 3. The normalized spacial score (nSPS) is 17.0. The molecule has 1 atom stereocenters. The largest absolute Gasteiger partial charge is 0.506 e. The number of hydrogen-bond donors (Lipinski definition) is 2. The van der Waals surface area contributed by atoms with Crippen molar-refractivity contribution in [1.29, 1.82) is 0 Å². The predicted octanol–water partition coefficient (Wildman–Crippen LogP) is 3.13. The maximum absolute atomic E-state index is 13.0. The summed E-state index contributed by atoms with van der Waals surface area (Å²) in [7, 11) is 0. The summed E-state index contributed by atoms with van der Waals surface area (Å²) in [6.45, 7) is 0. The van der Waals surface area contributed by atoms with Crippen LogP contribution < -0.4 is 5.73 Å². The summed E-state index contributed by atoms with van der Waals surface area (Å²) in [5, 5.41) is 9.66. The number of phenolic OH excluding ortho intramolecular Hbond substituents is 1. The SMILES string of the molecule is Cl.N[C@@H](c1ccc(F)c(Br)c1O)C1CC1. The highest BCUT2D eigenvalue weighted by Crippen LogP contribution is 2.43. The number of benzene rings is 1. The van der Waals surface area contributed by atoms with Crippen LogP contribution in [0.2, 0.25) is 0 Å². The number of rotatable bonds is 2. The van der Waals surface area contributed by atoms with Gasteiger partial charge in [-0.2, -0.15) is 0 Å². The average Bonchev–Trinajstić information content (AvgIpc) is 2.97. The van der Waals surface area contributed by atoms with Crippen LogP contribution in [0, 0.1) is 11.7 Å². The van der Waals surface area contributed by atoms with Gasteiger partial charge >= 0.3 is 0 Å². The number of hydrogen-bond acceptors (Lipinski definition) is 2. The third kappa shape index (κ3) is 2.44. The van der Waals surface area contributed by atoms with Crippen molar-refractivity contribution in [1.82, 2.24) is 0 Å². The van der Waals surface area contributed by atoms with Gasteiger partial charge in [-0.3, -0.25) is 0 Å². The van der Waals surface area contributed by atoms with Crippen LogP contribution in [-0.4, -0.2) is 5.11 Å². The van der Waals surface area contributed by atoms with Gasteiger partial charge < -0.3 is 10.8 Å². The van der Waals surface area contributed by atoms with Crippen molar-refractivity contribution in [2.24, 2.45) is 11.7 Å². The molecule has 84 valence electrons. The summed E-state index contributed by atoms with van der Waals surface area (Å²) in [5.41, 5.74) is 6.54. The van der Waals surface area contributed by atoms with Gasteiger partial charge in [0.15, 0.2) is 0 Å². The fourth-order valence-electron chi connectivity index (χ4n) is 1.53. The van der Waals surface area contributed by atoms with Crippen molar-refractivity contribution >= 4 is 28.3 Å². The first-order chi connectivity index (χ1) is 6.61. The Kier molecular flexibility index (Phi) is 3.98. The Bertz CT molecular complexity index is 371. The molecule has 0 aromatic heterocycles. The van der Waals surface area contributed by atoms with E-state index in [9.17, 15) is 9.50 Å². The number of aromatic hydroxyl groups is 1. The van der Waals surface area contributed by atoms with E-state index in [2.05, 4.69) is 15.9 Å². The molecule has 0 saturated heterocycles. The average molecular weight is 297 g/mol. The van der Waals surface area contributed by atoms with Crippen molar-refractivity contribution in [3.63, 3.8) is 0 Å². The Morgan fingerprint density at radius 2 is 2.07 bits per heavy atom. The van der Waals surface area contributed by atoms with Gasteiger partial charge in [0, 0.05) is 11.6 Å². The van der Waals surface area contributed by atoms with Crippen molar-refractivity contribution in [2.75, 3.05) is 0 Å². The zero-order valence-electron chi connectivity index (χ0n) is 7.91. The molecule has 0 aliphatic heterocycles. The van der Waals surface area contributed by atoms with Crippen molar-refractivity contribution in [3.05, 3.63) is 28.0 Å². The fraction of sp³-hybridized carbons (Fsp3) is 0.400. The quantitative estimate of drug-likeness (QED) is 0.881. The fourth-order valence-corrected chi connectivity index (χ4v) is 1.89. The summed E-state index contributed by atoms with van der Waals surface area (Å²) in [5.74, 6) is -0.0862. The third-order valence-electron chi connectivity index (χ3n) is 2.59. The molecule has 0 unspecified atom stereocenters. The molecule has 1 aromatic carbocycles. The van der Waals surface area contributed by atoms with Gasteiger partial charge in [-0.25, -0.2) is 4.39 Å². The Labute approximate surface area is 102 Å². The maximum Gasteiger partial charge on any atom is 0.141 e. The minimum absolute atomic E-state index is 0. The maximum atomic E-state index is 13.0. The highest BCUT2D eigenvalue weighted by molar-refractivity contribution is 9.10. The van der Waals surface area contributed by atoms with Gasteiger partial charge in [0.2, 0.25) is 0 Å². The minimum atomic E-state index is -0.464. The Morgan fingerprint density at radius 1 is 1.47 bits per heavy atom. The molecule has 2 rings (SSSR count). The molecule has 0 spiro atoms. The van der Waals surface area contributed by atoms with Crippen molar-refractivity contribution < 1.29 is 9.50 Å². The second-order valence-electron chi connectivity index (χ2n) is 3.66. The molecule has 0 heterocycles. The van der Waals surface area contributed by atoms with E-state index < -0.39 is 5.82 Å². The smallest absolute Gasteiger partial charge is 0.141 e. The molecule has 0 bridgehead atoms. The Balaban J connectivity index is 0.00000112. The van der Waals surface area contributed by atoms with Gasteiger partial charge in [-0.15, -0.1) is 12.4 Å². The molecule has 5 heteroatoms. The highest BCUT2D eigenvalue weighted by atomic mass is 79.9. The monoisotopic (exact) mass is 295 g/mol. The second kappa shape index (κ2) is 4.68. The second-order valence-corrected chi connectivity index (χ2v) is 4.46. The zero-order chi connectivity index (χ0) is 10.3. The molecule has 2 nitrogen and oxygen atoms in total. The van der Waals surface area contributed by atoms with Crippen molar-refractivity contribution in [2.45, 2.75) is 18.9 Å². The minimum Gasteiger partial charge on any atom is -0.506 e. The molecule has 1 fully saturated rings. The topological polar surface area (TPSA) is 46.2 Å². The van der Waals surface area contributed by atoms with E-state index in [1.807, 2.05) is 0 Å². The van der Waals surface area contributed by atoms with E-state index >= 15 is 0 Å². The van der Waals surface area contributed by atoms with E-state index in [0.29, 0.717) is 11.5 Å². The van der Waals surface area contributed by atoms with Gasteiger partial charge in [0.25, 0.3) is 0 Å². The van der Waals surface area contributed by atoms with Gasteiger partial charge in [0.1, 0.15) is 11.6 Å². The van der Waals surface area contributed by atoms with Gasteiger partial charge in [-0.05, 0) is 40.8 Å². The number of nitrogens with two attached hydrogens (primary N) is 1. The van der Waals surface area contributed by atoms with Crippen LogP contribution in [0.5, 0.6) is 5.75 Å². The summed E-state index contributed by atoms with van der Waals surface area (Å²) in [6, 6.07) is 2.70. The molecule has 1 aromatic rings. The van der Waals surface area contributed by atoms with Crippen LogP contribution in [0.1, 0.15) is 24.4 Å².